The number of anilines is 2. The van der Waals surface area contributed by atoms with Gasteiger partial charge < -0.3 is 19.9 Å². The third-order valence-corrected chi connectivity index (χ3v) is 6.00. The predicted octanol–water partition coefficient (Wildman–Crippen LogP) is 4.69. The molecule has 0 saturated carbocycles. The maximum atomic E-state index is 12.6. The number of amides is 2. The van der Waals surface area contributed by atoms with Crippen LogP contribution in [0.5, 0.6) is 5.75 Å². The summed E-state index contributed by atoms with van der Waals surface area (Å²) in [6.07, 6.45) is 2.63. The van der Waals surface area contributed by atoms with Crippen molar-refractivity contribution in [1.29, 1.82) is 0 Å². The molecular formula is C27H36N4O3S. The van der Waals surface area contributed by atoms with E-state index in [1.165, 1.54) is 0 Å². The Morgan fingerprint density at radius 1 is 1.06 bits per heavy atom. The zero-order valence-corrected chi connectivity index (χ0v) is 21.7. The quantitative estimate of drug-likeness (QED) is 0.388. The first-order valence-corrected chi connectivity index (χ1v) is 12.7. The Hall–Kier alpha value is -3.13. The summed E-state index contributed by atoms with van der Waals surface area (Å²) >= 11 is 5.33. The molecule has 1 heterocycles. The van der Waals surface area contributed by atoms with Gasteiger partial charge in [0.15, 0.2) is 5.11 Å². The Morgan fingerprint density at radius 3 is 2.43 bits per heavy atom. The molecule has 0 aromatic heterocycles. The maximum absolute atomic E-state index is 12.6. The van der Waals surface area contributed by atoms with Crippen LogP contribution in [0.3, 0.4) is 0 Å². The van der Waals surface area contributed by atoms with Gasteiger partial charge in [-0.2, -0.15) is 0 Å². The number of ether oxygens (including phenoxy) is 1. The summed E-state index contributed by atoms with van der Waals surface area (Å²) in [5.74, 6) is 1.01. The van der Waals surface area contributed by atoms with Crippen molar-refractivity contribution in [2.24, 2.45) is 5.92 Å². The number of nitrogens with one attached hydrogen (secondary N) is 2. The smallest absolute Gasteiger partial charge is 0.257 e. The lowest BCUT2D eigenvalue weighted by Gasteiger charge is -2.36. The highest BCUT2D eigenvalue weighted by molar-refractivity contribution is 7.80. The van der Waals surface area contributed by atoms with Crippen LogP contribution in [0.15, 0.2) is 48.5 Å². The monoisotopic (exact) mass is 496 g/mol. The van der Waals surface area contributed by atoms with Gasteiger partial charge in [-0.05, 0) is 67.0 Å². The zero-order valence-electron chi connectivity index (χ0n) is 20.9. The number of piperazine rings is 1. The van der Waals surface area contributed by atoms with Crippen molar-refractivity contribution in [3.63, 3.8) is 0 Å². The molecule has 2 aromatic carbocycles. The molecule has 2 N–H and O–H groups in total. The first-order chi connectivity index (χ1) is 16.9. The largest absolute Gasteiger partial charge is 0.494 e. The summed E-state index contributed by atoms with van der Waals surface area (Å²) in [4.78, 5) is 29.1. The molecule has 2 amide bonds. The number of nitrogens with zero attached hydrogens (tertiary/aromatic N) is 2. The van der Waals surface area contributed by atoms with Gasteiger partial charge in [-0.25, -0.2) is 0 Å². The fourth-order valence-corrected chi connectivity index (χ4v) is 4.06. The lowest BCUT2D eigenvalue weighted by molar-refractivity contribution is -0.132. The van der Waals surface area contributed by atoms with Crippen molar-refractivity contribution in [2.75, 3.05) is 43.0 Å². The van der Waals surface area contributed by atoms with E-state index < -0.39 is 0 Å². The molecule has 7 nitrogen and oxygen atoms in total. The van der Waals surface area contributed by atoms with Crippen LogP contribution in [-0.2, 0) is 4.79 Å². The number of rotatable bonds is 9. The summed E-state index contributed by atoms with van der Waals surface area (Å²) in [5, 5.41) is 6.02. The van der Waals surface area contributed by atoms with Gasteiger partial charge in [0.1, 0.15) is 5.75 Å². The molecule has 1 saturated heterocycles. The first kappa shape index (κ1) is 26.5. The first-order valence-electron chi connectivity index (χ1n) is 12.3. The topological polar surface area (TPSA) is 73.9 Å². The van der Waals surface area contributed by atoms with Crippen molar-refractivity contribution < 1.29 is 14.3 Å². The van der Waals surface area contributed by atoms with E-state index in [-0.39, 0.29) is 16.9 Å². The van der Waals surface area contributed by atoms with E-state index in [0.29, 0.717) is 30.3 Å². The number of thiocarbonyl (C=S) groups is 1. The van der Waals surface area contributed by atoms with Crippen LogP contribution in [-0.4, -0.2) is 54.6 Å². The molecule has 188 valence electrons. The molecule has 0 bridgehead atoms. The van der Waals surface area contributed by atoms with Gasteiger partial charge in [-0.1, -0.05) is 33.3 Å². The number of unbranched alkanes of at least 4 members (excludes halogenated alkanes) is 1. The molecule has 0 spiro atoms. The van der Waals surface area contributed by atoms with Crippen LogP contribution in [0.2, 0.25) is 0 Å². The predicted molar refractivity (Wildman–Crippen MR) is 145 cm³/mol. The fourth-order valence-electron chi connectivity index (χ4n) is 3.85. The Kier molecular flexibility index (Phi) is 9.90. The van der Waals surface area contributed by atoms with Crippen LogP contribution in [0, 0.1) is 5.92 Å². The molecule has 1 aliphatic heterocycles. The van der Waals surface area contributed by atoms with Crippen LogP contribution in [0.4, 0.5) is 11.4 Å². The van der Waals surface area contributed by atoms with Crippen molar-refractivity contribution in [3.8, 4) is 5.75 Å². The molecule has 0 atom stereocenters. The van der Waals surface area contributed by atoms with Gasteiger partial charge in [0, 0.05) is 49.5 Å². The Morgan fingerprint density at radius 2 is 1.77 bits per heavy atom. The number of hydrogen-bond acceptors (Lipinski definition) is 5. The lowest BCUT2D eigenvalue weighted by Crippen LogP contribution is -2.49. The van der Waals surface area contributed by atoms with E-state index in [0.717, 1.165) is 50.4 Å². The average Bonchev–Trinajstić information content (AvgIpc) is 2.84. The summed E-state index contributed by atoms with van der Waals surface area (Å²) in [6, 6.07) is 15.0. The van der Waals surface area contributed by atoms with Gasteiger partial charge >= 0.3 is 0 Å². The second-order valence-electron chi connectivity index (χ2n) is 9.15. The van der Waals surface area contributed by atoms with Gasteiger partial charge in [0.2, 0.25) is 5.91 Å². The van der Waals surface area contributed by atoms with Gasteiger partial charge in [-0.3, -0.25) is 14.9 Å². The molecule has 2 aromatic rings. The van der Waals surface area contributed by atoms with E-state index in [1.807, 2.05) is 35.2 Å². The normalized spacial score (nSPS) is 13.5. The number of carbonyl (C=O) groups is 2. The van der Waals surface area contributed by atoms with Gasteiger partial charge in [0.25, 0.3) is 5.91 Å². The zero-order chi connectivity index (χ0) is 25.2. The van der Waals surface area contributed by atoms with Crippen LogP contribution >= 0.6 is 12.2 Å². The fraction of sp³-hybridized carbons (Fsp3) is 0.444. The van der Waals surface area contributed by atoms with Crippen LogP contribution in [0.1, 0.15) is 50.4 Å². The average molecular weight is 497 g/mol. The van der Waals surface area contributed by atoms with Gasteiger partial charge in [0.05, 0.1) is 6.61 Å². The van der Waals surface area contributed by atoms with E-state index >= 15 is 0 Å². The maximum Gasteiger partial charge on any atom is 0.257 e. The molecule has 1 fully saturated rings. The summed E-state index contributed by atoms with van der Waals surface area (Å²) < 4.78 is 5.68. The van der Waals surface area contributed by atoms with E-state index in [2.05, 4.69) is 36.3 Å². The van der Waals surface area contributed by atoms with Crippen LogP contribution in [0.25, 0.3) is 0 Å². The molecular weight excluding hydrogens is 460 g/mol. The Bertz CT molecular complexity index is 1000. The lowest BCUT2D eigenvalue weighted by atomic mass is 10.1. The SMILES string of the molecule is CCCCOc1cccc(C(=O)NC(=S)Nc2ccc(N3CCN(C(=O)CC(C)C)CC3)cc2)c1. The van der Waals surface area contributed by atoms with Crippen molar-refractivity contribution in [3.05, 3.63) is 54.1 Å². The van der Waals surface area contributed by atoms with Gasteiger partial charge in [-0.15, -0.1) is 0 Å². The molecule has 0 unspecified atom stereocenters. The van der Waals surface area contributed by atoms with Crippen molar-refractivity contribution >= 4 is 40.5 Å². The minimum Gasteiger partial charge on any atom is -0.494 e. The molecule has 35 heavy (non-hydrogen) atoms. The van der Waals surface area contributed by atoms with E-state index in [1.54, 1.807) is 18.2 Å². The third-order valence-electron chi connectivity index (χ3n) is 5.80. The Labute approximate surface area is 213 Å². The molecule has 0 radical (unpaired) electrons. The van der Waals surface area contributed by atoms with E-state index in [4.69, 9.17) is 17.0 Å². The van der Waals surface area contributed by atoms with Crippen molar-refractivity contribution in [1.82, 2.24) is 10.2 Å². The summed E-state index contributed by atoms with van der Waals surface area (Å²) in [5.41, 5.74) is 2.38. The van der Waals surface area contributed by atoms with E-state index in [9.17, 15) is 9.59 Å². The highest BCUT2D eigenvalue weighted by Crippen LogP contribution is 2.20. The minimum absolute atomic E-state index is 0.234. The summed E-state index contributed by atoms with van der Waals surface area (Å²) in [7, 11) is 0. The highest BCUT2D eigenvalue weighted by Gasteiger charge is 2.21. The molecule has 0 aliphatic carbocycles. The Balaban J connectivity index is 1.47. The molecule has 3 rings (SSSR count). The molecule has 8 heteroatoms. The number of carbonyl (C=O) groups excluding carboxylic acids is 2. The molecule has 1 aliphatic rings. The standard InChI is InChI=1S/C27H36N4O3S/c1-4-5-17-34-24-8-6-7-21(19-24)26(33)29-27(35)28-22-9-11-23(12-10-22)30-13-15-31(16-14-30)25(32)18-20(2)3/h6-12,19-20H,4-5,13-18H2,1-3H3,(H2,28,29,33,35). The third kappa shape index (κ3) is 8.24. The second-order valence-corrected chi connectivity index (χ2v) is 9.56. The van der Waals surface area contributed by atoms with Crippen molar-refractivity contribution in [2.45, 2.75) is 40.0 Å². The highest BCUT2D eigenvalue weighted by atomic mass is 32.1. The minimum atomic E-state index is -0.287. The summed E-state index contributed by atoms with van der Waals surface area (Å²) in [6.45, 7) is 9.99. The number of benzene rings is 2. The second kappa shape index (κ2) is 13.1. The van der Waals surface area contributed by atoms with Crippen LogP contribution < -0.4 is 20.3 Å². The number of hydrogen-bond donors (Lipinski definition) is 2.